The van der Waals surface area contributed by atoms with Gasteiger partial charge in [0.05, 0.1) is 19.8 Å². The third-order valence-electron chi connectivity index (χ3n) is 4.35. The van der Waals surface area contributed by atoms with Gasteiger partial charge in [-0.2, -0.15) is 11.8 Å². The molecule has 0 aliphatic carbocycles. The summed E-state index contributed by atoms with van der Waals surface area (Å²) in [5, 5.41) is 6.75. The number of aliphatic imine (C=N–C) groups is 1. The van der Waals surface area contributed by atoms with Crippen molar-refractivity contribution in [2.75, 3.05) is 51.8 Å². The first-order chi connectivity index (χ1) is 11.2. The summed E-state index contributed by atoms with van der Waals surface area (Å²) in [5.41, 5.74) is 0. The minimum Gasteiger partial charge on any atom is -0.381 e. The Labute approximate surface area is 168 Å². The SMILES string of the molecule is CCNC(=NCC1(C)CCCS1)NCCCOCC1CCOC1.I. The predicted octanol–water partition coefficient (Wildman–Crippen LogP) is 2.89. The number of rotatable bonds is 9. The Balaban J connectivity index is 0.00000288. The van der Waals surface area contributed by atoms with E-state index in [9.17, 15) is 0 Å². The summed E-state index contributed by atoms with van der Waals surface area (Å²) in [7, 11) is 0. The number of ether oxygens (including phenoxy) is 2. The molecule has 24 heavy (non-hydrogen) atoms. The summed E-state index contributed by atoms with van der Waals surface area (Å²) in [6, 6.07) is 0. The fourth-order valence-electron chi connectivity index (χ4n) is 2.90. The first-order valence-electron chi connectivity index (χ1n) is 9.03. The van der Waals surface area contributed by atoms with Crippen molar-refractivity contribution < 1.29 is 9.47 Å². The molecule has 2 aliphatic heterocycles. The van der Waals surface area contributed by atoms with Crippen LogP contribution in [0.5, 0.6) is 0 Å². The zero-order valence-corrected chi connectivity index (χ0v) is 18.3. The van der Waals surface area contributed by atoms with Crippen molar-refractivity contribution >= 4 is 41.7 Å². The van der Waals surface area contributed by atoms with Crippen LogP contribution in [-0.2, 0) is 9.47 Å². The molecule has 2 aliphatic rings. The largest absolute Gasteiger partial charge is 0.381 e. The van der Waals surface area contributed by atoms with Gasteiger partial charge >= 0.3 is 0 Å². The molecule has 0 radical (unpaired) electrons. The van der Waals surface area contributed by atoms with E-state index in [4.69, 9.17) is 14.5 Å². The van der Waals surface area contributed by atoms with Crippen LogP contribution in [0.15, 0.2) is 4.99 Å². The van der Waals surface area contributed by atoms with Crippen LogP contribution in [0.2, 0.25) is 0 Å². The first kappa shape index (κ1) is 22.3. The molecular weight excluding hydrogens is 437 g/mol. The molecule has 2 saturated heterocycles. The third-order valence-corrected chi connectivity index (χ3v) is 5.87. The molecule has 2 rings (SSSR count). The molecule has 0 aromatic rings. The molecule has 142 valence electrons. The second-order valence-electron chi connectivity index (χ2n) is 6.68. The molecule has 2 unspecified atom stereocenters. The minimum atomic E-state index is 0. The van der Waals surface area contributed by atoms with Gasteiger partial charge < -0.3 is 20.1 Å². The molecule has 2 N–H and O–H groups in total. The maximum Gasteiger partial charge on any atom is 0.191 e. The zero-order chi connectivity index (χ0) is 16.4. The highest BCUT2D eigenvalue weighted by atomic mass is 127. The summed E-state index contributed by atoms with van der Waals surface area (Å²) in [4.78, 5) is 4.76. The maximum absolute atomic E-state index is 5.73. The third kappa shape index (κ3) is 8.58. The molecular formula is C17H34IN3O2S. The van der Waals surface area contributed by atoms with Gasteiger partial charge in [0.25, 0.3) is 0 Å². The highest BCUT2D eigenvalue weighted by molar-refractivity contribution is 14.0. The van der Waals surface area contributed by atoms with E-state index in [1.54, 1.807) is 0 Å². The van der Waals surface area contributed by atoms with E-state index in [1.807, 2.05) is 0 Å². The molecule has 0 aromatic carbocycles. The van der Waals surface area contributed by atoms with Crippen LogP contribution in [0, 0.1) is 5.92 Å². The molecule has 0 bridgehead atoms. The van der Waals surface area contributed by atoms with Crippen molar-refractivity contribution in [3.05, 3.63) is 0 Å². The Morgan fingerprint density at radius 1 is 1.42 bits per heavy atom. The van der Waals surface area contributed by atoms with Crippen molar-refractivity contribution in [1.82, 2.24) is 10.6 Å². The van der Waals surface area contributed by atoms with E-state index in [1.165, 1.54) is 18.6 Å². The van der Waals surface area contributed by atoms with Gasteiger partial charge in [-0.3, -0.25) is 4.99 Å². The van der Waals surface area contributed by atoms with Crippen LogP contribution in [0.25, 0.3) is 0 Å². The molecule has 0 aromatic heterocycles. The molecule has 0 saturated carbocycles. The average Bonchev–Trinajstić information content (AvgIpc) is 3.20. The van der Waals surface area contributed by atoms with Crippen molar-refractivity contribution in [2.45, 2.75) is 44.3 Å². The van der Waals surface area contributed by atoms with Crippen molar-refractivity contribution in [3.63, 3.8) is 0 Å². The van der Waals surface area contributed by atoms with E-state index in [0.717, 1.165) is 64.9 Å². The summed E-state index contributed by atoms with van der Waals surface area (Å²) in [5.74, 6) is 2.82. The van der Waals surface area contributed by atoms with E-state index in [0.29, 0.717) is 10.7 Å². The fourth-order valence-corrected chi connectivity index (χ4v) is 4.12. The minimum absolute atomic E-state index is 0. The van der Waals surface area contributed by atoms with Gasteiger partial charge in [0.2, 0.25) is 0 Å². The van der Waals surface area contributed by atoms with Crippen LogP contribution >= 0.6 is 35.7 Å². The van der Waals surface area contributed by atoms with Gasteiger partial charge in [-0.05, 0) is 45.3 Å². The second-order valence-corrected chi connectivity index (χ2v) is 8.36. The van der Waals surface area contributed by atoms with E-state index in [-0.39, 0.29) is 24.0 Å². The van der Waals surface area contributed by atoms with Gasteiger partial charge in [0.15, 0.2) is 5.96 Å². The predicted molar refractivity (Wildman–Crippen MR) is 114 cm³/mol. The number of nitrogens with zero attached hydrogens (tertiary/aromatic N) is 1. The van der Waals surface area contributed by atoms with Crippen LogP contribution in [0.1, 0.15) is 39.5 Å². The van der Waals surface area contributed by atoms with Gasteiger partial charge in [0, 0.05) is 37.0 Å². The molecule has 2 heterocycles. The van der Waals surface area contributed by atoms with Crippen molar-refractivity contribution in [1.29, 1.82) is 0 Å². The Kier molecular flexibility index (Phi) is 11.7. The Morgan fingerprint density at radius 3 is 2.96 bits per heavy atom. The monoisotopic (exact) mass is 471 g/mol. The lowest BCUT2D eigenvalue weighted by Crippen LogP contribution is -2.39. The normalized spacial score (nSPS) is 27.1. The second kappa shape index (κ2) is 12.6. The number of guanidine groups is 1. The van der Waals surface area contributed by atoms with E-state index < -0.39 is 0 Å². The smallest absolute Gasteiger partial charge is 0.191 e. The van der Waals surface area contributed by atoms with Crippen molar-refractivity contribution in [2.24, 2.45) is 10.9 Å². The molecule has 5 nitrogen and oxygen atoms in total. The van der Waals surface area contributed by atoms with Crippen LogP contribution in [0.4, 0.5) is 0 Å². The van der Waals surface area contributed by atoms with Gasteiger partial charge in [-0.25, -0.2) is 0 Å². The standard InChI is InChI=1S/C17H33N3O2S.HI/c1-3-18-16(20-14-17(2)7-4-11-23-17)19-8-5-9-21-12-15-6-10-22-13-15;/h15H,3-14H2,1-2H3,(H2,18,19,20);1H. The highest BCUT2D eigenvalue weighted by Crippen LogP contribution is 2.37. The number of hydrogen-bond acceptors (Lipinski definition) is 4. The molecule has 0 amide bonds. The number of halogens is 1. The van der Waals surface area contributed by atoms with Gasteiger partial charge in [-0.1, -0.05) is 0 Å². The Morgan fingerprint density at radius 2 is 2.29 bits per heavy atom. The fraction of sp³-hybridized carbons (Fsp3) is 0.941. The van der Waals surface area contributed by atoms with Crippen LogP contribution < -0.4 is 10.6 Å². The van der Waals surface area contributed by atoms with E-state index in [2.05, 4.69) is 36.2 Å². The number of thioether (sulfide) groups is 1. The first-order valence-corrected chi connectivity index (χ1v) is 10.0. The lowest BCUT2D eigenvalue weighted by atomic mass is 10.1. The molecule has 2 atom stereocenters. The summed E-state index contributed by atoms with van der Waals surface area (Å²) in [6.45, 7) is 10.5. The zero-order valence-electron chi connectivity index (χ0n) is 15.1. The quantitative estimate of drug-likeness (QED) is 0.235. The summed E-state index contributed by atoms with van der Waals surface area (Å²) >= 11 is 2.06. The average molecular weight is 471 g/mol. The van der Waals surface area contributed by atoms with Gasteiger partial charge in [-0.15, -0.1) is 24.0 Å². The summed E-state index contributed by atoms with van der Waals surface area (Å²) in [6.07, 6.45) is 4.75. The number of hydrogen-bond donors (Lipinski definition) is 2. The highest BCUT2D eigenvalue weighted by Gasteiger charge is 2.29. The number of nitrogens with one attached hydrogen (secondary N) is 2. The molecule has 2 fully saturated rings. The Bertz CT molecular complexity index is 360. The molecule has 7 heteroatoms. The lowest BCUT2D eigenvalue weighted by Gasteiger charge is -2.21. The molecule has 0 spiro atoms. The van der Waals surface area contributed by atoms with Gasteiger partial charge in [0.1, 0.15) is 0 Å². The lowest BCUT2D eigenvalue weighted by molar-refractivity contribution is 0.0888. The summed E-state index contributed by atoms with van der Waals surface area (Å²) < 4.78 is 11.4. The van der Waals surface area contributed by atoms with Crippen LogP contribution in [-0.4, -0.2) is 62.5 Å². The topological polar surface area (TPSA) is 54.9 Å². The van der Waals surface area contributed by atoms with E-state index >= 15 is 0 Å². The van der Waals surface area contributed by atoms with Crippen molar-refractivity contribution in [3.8, 4) is 0 Å². The Hall–Kier alpha value is 0.270. The maximum atomic E-state index is 5.73. The van der Waals surface area contributed by atoms with Crippen LogP contribution in [0.3, 0.4) is 0 Å².